The third-order valence-corrected chi connectivity index (χ3v) is 1.04. The molecule has 0 unspecified atom stereocenters. The van der Waals surface area contributed by atoms with Crippen LogP contribution in [0.5, 0.6) is 5.75 Å². The maximum absolute atomic E-state index is 8.86. The average Bonchev–Trinajstić information content (AvgIpc) is 1.77. The molecule has 0 amide bonds. The van der Waals surface area contributed by atoms with Crippen LogP contribution in [0.4, 0.5) is 0 Å². The molecule has 0 aromatic heterocycles. The molecule has 0 radical (unpaired) electrons. The molecule has 1 rings (SSSR count). The third kappa shape index (κ3) is 2.39. The first-order valence-corrected chi connectivity index (χ1v) is 2.47. The van der Waals surface area contributed by atoms with Crippen LogP contribution in [-0.2, 0) is 0 Å². The van der Waals surface area contributed by atoms with Gasteiger partial charge in [-0.1, -0.05) is 6.92 Å². The minimum Gasteiger partial charge on any atom is -0.534 e. The first kappa shape index (κ1) is 9.02. The van der Waals surface area contributed by atoms with Gasteiger partial charge in [0.2, 0.25) is 0 Å². The van der Waals surface area contributed by atoms with E-state index in [2.05, 4.69) is 6.07 Å². The van der Waals surface area contributed by atoms with E-state index in [0.717, 1.165) is 5.56 Å². The average molecular weight is 130 g/mol. The molecule has 0 bridgehead atoms. The molecule has 1 N–H and O–H groups in total. The number of aromatic hydroxyl groups is 1. The van der Waals surface area contributed by atoms with Crippen molar-refractivity contribution < 1.29 is 34.7 Å². The smallest absolute Gasteiger partial charge is 0.534 e. The van der Waals surface area contributed by atoms with Crippen molar-refractivity contribution in [2.75, 3.05) is 0 Å². The van der Waals surface area contributed by atoms with Gasteiger partial charge < -0.3 is 5.11 Å². The molecule has 0 atom stereocenters. The summed E-state index contributed by atoms with van der Waals surface area (Å²) in [6.07, 6.45) is 0. The number of para-hydroxylation sites is 1. The number of phenolic OH excluding ortho intramolecular Hbond substituents is 1. The van der Waals surface area contributed by atoms with Gasteiger partial charge in [-0.05, 0) is 0 Å². The van der Waals surface area contributed by atoms with E-state index >= 15 is 0 Å². The number of hydrogen-bond donors (Lipinski definition) is 1. The van der Waals surface area contributed by atoms with Gasteiger partial charge >= 0.3 is 29.6 Å². The third-order valence-electron chi connectivity index (χ3n) is 1.04. The Bertz CT molecular complexity index is 165. The molecule has 1 nitrogen and oxygen atoms in total. The number of benzene rings is 1. The molecule has 9 heavy (non-hydrogen) atoms. The largest absolute Gasteiger partial charge is 1.00 e. The Morgan fingerprint density at radius 3 is 2.56 bits per heavy atom. The van der Waals surface area contributed by atoms with Gasteiger partial charge in [-0.15, -0.1) is 11.6 Å². The van der Waals surface area contributed by atoms with Gasteiger partial charge in [0, 0.05) is 5.75 Å². The Kier molecular flexibility index (Phi) is 3.95. The molecule has 0 saturated heterocycles. The van der Waals surface area contributed by atoms with Crippen molar-refractivity contribution in [1.82, 2.24) is 0 Å². The molecule has 0 saturated carbocycles. The van der Waals surface area contributed by atoms with Gasteiger partial charge in [0.15, 0.2) is 0 Å². The zero-order valence-corrected chi connectivity index (χ0v) is 7.68. The molecule has 1 aromatic rings. The van der Waals surface area contributed by atoms with E-state index in [1.807, 2.05) is 19.1 Å². The normalized spacial score (nSPS) is 8.11. The summed E-state index contributed by atoms with van der Waals surface area (Å²) in [5.41, 5.74) is 0.868. The van der Waals surface area contributed by atoms with Crippen molar-refractivity contribution in [3.8, 4) is 5.75 Å². The van der Waals surface area contributed by atoms with Crippen LogP contribution in [0.1, 0.15) is 5.56 Å². The second kappa shape index (κ2) is 3.94. The van der Waals surface area contributed by atoms with Gasteiger partial charge in [-0.3, -0.25) is 0 Å². The molecule has 0 heterocycles. The zero-order valence-electron chi connectivity index (χ0n) is 5.68. The van der Waals surface area contributed by atoms with E-state index in [4.69, 9.17) is 5.11 Å². The Morgan fingerprint density at radius 2 is 2.22 bits per heavy atom. The second-order valence-corrected chi connectivity index (χ2v) is 1.70. The van der Waals surface area contributed by atoms with Crippen LogP contribution in [0.2, 0.25) is 0 Å². The van der Waals surface area contributed by atoms with E-state index in [1.54, 1.807) is 6.07 Å². The summed E-state index contributed by atoms with van der Waals surface area (Å²) < 4.78 is 0. The maximum Gasteiger partial charge on any atom is 1.00 e. The number of aryl methyl sites for hydroxylation is 1. The van der Waals surface area contributed by atoms with Crippen molar-refractivity contribution in [1.29, 1.82) is 0 Å². The van der Waals surface area contributed by atoms with Crippen LogP contribution in [0.25, 0.3) is 0 Å². The van der Waals surface area contributed by atoms with Crippen LogP contribution in [0.15, 0.2) is 18.2 Å². The van der Waals surface area contributed by atoms with Crippen LogP contribution in [-0.4, -0.2) is 5.11 Å². The summed E-state index contributed by atoms with van der Waals surface area (Å²) >= 11 is 0. The molecular formula is C7H7NaO. The number of rotatable bonds is 0. The van der Waals surface area contributed by atoms with Gasteiger partial charge in [0.25, 0.3) is 0 Å². The monoisotopic (exact) mass is 130 g/mol. The first-order chi connectivity index (χ1) is 3.80. The predicted octanol–water partition coefficient (Wildman–Crippen LogP) is -1.50. The zero-order chi connectivity index (χ0) is 5.98. The molecule has 0 aliphatic rings. The summed E-state index contributed by atoms with van der Waals surface area (Å²) in [4.78, 5) is 0. The summed E-state index contributed by atoms with van der Waals surface area (Å²) in [6, 6.07) is 8.02. The quantitative estimate of drug-likeness (QED) is 0.335. The number of hydrogen-bond acceptors (Lipinski definition) is 1. The molecule has 0 aliphatic heterocycles. The Balaban J connectivity index is 0.000000640. The minimum absolute atomic E-state index is 0. The van der Waals surface area contributed by atoms with Gasteiger partial charge in [-0.2, -0.15) is 18.2 Å². The molecular weight excluding hydrogens is 123 g/mol. The summed E-state index contributed by atoms with van der Waals surface area (Å²) in [7, 11) is 0. The first-order valence-electron chi connectivity index (χ1n) is 2.47. The van der Waals surface area contributed by atoms with Crippen molar-refractivity contribution in [3.63, 3.8) is 0 Å². The van der Waals surface area contributed by atoms with E-state index in [0.29, 0.717) is 0 Å². The Morgan fingerprint density at radius 1 is 1.56 bits per heavy atom. The van der Waals surface area contributed by atoms with Crippen LogP contribution >= 0.6 is 0 Å². The predicted molar refractivity (Wildman–Crippen MR) is 31.7 cm³/mol. The van der Waals surface area contributed by atoms with E-state index < -0.39 is 0 Å². The summed E-state index contributed by atoms with van der Waals surface area (Å²) in [6.45, 7) is 1.84. The van der Waals surface area contributed by atoms with Gasteiger partial charge in [0.1, 0.15) is 0 Å². The second-order valence-electron chi connectivity index (χ2n) is 1.70. The fraction of sp³-hybridized carbons (Fsp3) is 0.143. The standard InChI is InChI=1S/C7H7O.Na/c1-6-4-2-3-5-7(6)8;/h2-4,8H,1H3;/q-1;+1. The molecule has 0 spiro atoms. The van der Waals surface area contributed by atoms with Crippen LogP contribution in [0, 0.1) is 13.0 Å². The Hall–Kier alpha value is 0.0200. The maximum atomic E-state index is 8.86. The van der Waals surface area contributed by atoms with Crippen LogP contribution < -0.4 is 29.6 Å². The van der Waals surface area contributed by atoms with Gasteiger partial charge in [-0.25, -0.2) is 0 Å². The molecule has 2 heteroatoms. The summed E-state index contributed by atoms with van der Waals surface area (Å²) in [5, 5.41) is 8.86. The topological polar surface area (TPSA) is 20.2 Å². The van der Waals surface area contributed by atoms with E-state index in [-0.39, 0.29) is 35.3 Å². The fourth-order valence-corrected chi connectivity index (χ4v) is 0.512. The molecule has 0 fully saturated rings. The van der Waals surface area contributed by atoms with Crippen molar-refractivity contribution in [3.05, 3.63) is 29.8 Å². The molecule has 1 aromatic carbocycles. The molecule has 42 valence electrons. The Labute approximate surface area is 77.0 Å². The summed E-state index contributed by atoms with van der Waals surface area (Å²) in [5.74, 6) is 0.243. The fourth-order valence-electron chi connectivity index (χ4n) is 0.512. The van der Waals surface area contributed by atoms with Crippen LogP contribution in [0.3, 0.4) is 0 Å². The SMILES string of the molecule is Cc1ccc[c-]c1O.[Na+]. The molecule has 0 aliphatic carbocycles. The van der Waals surface area contributed by atoms with E-state index in [9.17, 15) is 0 Å². The van der Waals surface area contributed by atoms with Crippen molar-refractivity contribution in [2.24, 2.45) is 0 Å². The van der Waals surface area contributed by atoms with Gasteiger partial charge in [0.05, 0.1) is 0 Å². The van der Waals surface area contributed by atoms with E-state index in [1.165, 1.54) is 0 Å². The van der Waals surface area contributed by atoms with Crippen molar-refractivity contribution in [2.45, 2.75) is 6.92 Å². The number of phenols is 1. The van der Waals surface area contributed by atoms with Crippen molar-refractivity contribution >= 4 is 0 Å². The minimum atomic E-state index is 0.